The van der Waals surface area contributed by atoms with E-state index in [1.54, 1.807) is 6.07 Å². The van der Waals surface area contributed by atoms with Gasteiger partial charge in [-0.25, -0.2) is 0 Å². The molecule has 1 aliphatic carbocycles. The van der Waals surface area contributed by atoms with Crippen LogP contribution in [-0.4, -0.2) is 27.8 Å². The number of fused-ring (bicyclic) bond motifs is 1. The third-order valence-electron chi connectivity index (χ3n) is 4.25. The molecule has 3 rings (SSSR count). The zero-order valence-electron chi connectivity index (χ0n) is 10.5. The SMILES string of the molecule is Nc1cc(C(=O)N2CCC[C@@H]3CCCC[C@@H]32)ns1. The van der Waals surface area contributed by atoms with E-state index in [0.29, 0.717) is 22.7 Å². The number of carbonyl (C=O) groups excluding carboxylic acids is 1. The van der Waals surface area contributed by atoms with Gasteiger partial charge in [-0.1, -0.05) is 12.8 Å². The number of hydrogen-bond donors (Lipinski definition) is 1. The van der Waals surface area contributed by atoms with Crippen molar-refractivity contribution in [3.8, 4) is 0 Å². The van der Waals surface area contributed by atoms with E-state index in [1.807, 2.05) is 0 Å². The Labute approximate surface area is 111 Å². The summed E-state index contributed by atoms with van der Waals surface area (Å²) in [4.78, 5) is 14.5. The fourth-order valence-electron chi connectivity index (χ4n) is 3.41. The van der Waals surface area contributed by atoms with Crippen molar-refractivity contribution in [3.63, 3.8) is 0 Å². The Morgan fingerprint density at radius 1 is 1.33 bits per heavy atom. The topological polar surface area (TPSA) is 59.2 Å². The Balaban J connectivity index is 1.79. The van der Waals surface area contributed by atoms with E-state index >= 15 is 0 Å². The minimum Gasteiger partial charge on any atom is -0.389 e. The maximum Gasteiger partial charge on any atom is 0.273 e. The molecular formula is C13H19N3OS. The van der Waals surface area contributed by atoms with Gasteiger partial charge >= 0.3 is 0 Å². The number of nitrogens with zero attached hydrogens (tertiary/aromatic N) is 2. The van der Waals surface area contributed by atoms with Gasteiger partial charge in [0.2, 0.25) is 0 Å². The molecule has 18 heavy (non-hydrogen) atoms. The Bertz CT molecular complexity index is 443. The van der Waals surface area contributed by atoms with Crippen LogP contribution in [-0.2, 0) is 0 Å². The van der Waals surface area contributed by atoms with Crippen molar-refractivity contribution in [2.24, 2.45) is 5.92 Å². The second-order valence-electron chi connectivity index (χ2n) is 5.37. The van der Waals surface area contributed by atoms with Gasteiger partial charge in [0.1, 0.15) is 10.7 Å². The molecule has 2 aliphatic rings. The first-order valence-corrected chi connectivity index (χ1v) is 7.56. The maximum atomic E-state index is 12.5. The molecule has 1 saturated heterocycles. The number of carbonyl (C=O) groups is 1. The van der Waals surface area contributed by atoms with Gasteiger partial charge in [0.05, 0.1) is 0 Å². The summed E-state index contributed by atoms with van der Waals surface area (Å²) in [5, 5.41) is 0.621. The molecule has 2 fully saturated rings. The van der Waals surface area contributed by atoms with E-state index in [9.17, 15) is 4.79 Å². The van der Waals surface area contributed by atoms with Crippen molar-refractivity contribution in [1.82, 2.24) is 9.27 Å². The molecule has 1 aromatic heterocycles. The number of anilines is 1. The first-order valence-electron chi connectivity index (χ1n) is 6.79. The van der Waals surface area contributed by atoms with Gasteiger partial charge in [-0.2, -0.15) is 4.37 Å². The van der Waals surface area contributed by atoms with Gasteiger partial charge in [0.15, 0.2) is 0 Å². The van der Waals surface area contributed by atoms with Crippen molar-refractivity contribution in [2.75, 3.05) is 12.3 Å². The average molecular weight is 265 g/mol. The Morgan fingerprint density at radius 2 is 2.11 bits per heavy atom. The van der Waals surface area contributed by atoms with Crippen LogP contribution in [0.3, 0.4) is 0 Å². The van der Waals surface area contributed by atoms with Gasteiger partial charge < -0.3 is 10.6 Å². The zero-order valence-corrected chi connectivity index (χ0v) is 11.3. The quantitative estimate of drug-likeness (QED) is 0.848. The van der Waals surface area contributed by atoms with Crippen molar-refractivity contribution in [2.45, 2.75) is 44.6 Å². The van der Waals surface area contributed by atoms with Crippen LogP contribution in [0.15, 0.2) is 6.07 Å². The van der Waals surface area contributed by atoms with Crippen LogP contribution < -0.4 is 5.73 Å². The summed E-state index contributed by atoms with van der Waals surface area (Å²) in [7, 11) is 0. The highest BCUT2D eigenvalue weighted by Crippen LogP contribution is 2.36. The van der Waals surface area contributed by atoms with Crippen molar-refractivity contribution in [3.05, 3.63) is 11.8 Å². The average Bonchev–Trinajstić information content (AvgIpc) is 2.84. The number of nitrogens with two attached hydrogens (primary N) is 1. The normalized spacial score (nSPS) is 27.9. The summed E-state index contributed by atoms with van der Waals surface area (Å²) in [6, 6.07) is 2.15. The zero-order chi connectivity index (χ0) is 12.5. The second kappa shape index (κ2) is 4.88. The van der Waals surface area contributed by atoms with Gasteiger partial charge in [0, 0.05) is 18.7 Å². The summed E-state index contributed by atoms with van der Waals surface area (Å²) in [6.45, 7) is 0.886. The fourth-order valence-corrected chi connectivity index (χ4v) is 3.91. The lowest BCUT2D eigenvalue weighted by atomic mass is 9.78. The third kappa shape index (κ3) is 2.11. The number of hydrogen-bond acceptors (Lipinski definition) is 4. The molecule has 98 valence electrons. The van der Waals surface area contributed by atoms with Crippen molar-refractivity contribution >= 4 is 22.4 Å². The molecule has 0 unspecified atom stereocenters. The molecule has 4 nitrogen and oxygen atoms in total. The molecule has 2 heterocycles. The van der Waals surface area contributed by atoms with Crippen LogP contribution in [0.1, 0.15) is 49.0 Å². The third-order valence-corrected chi connectivity index (χ3v) is 4.87. The summed E-state index contributed by atoms with van der Waals surface area (Å²) >= 11 is 1.21. The molecule has 2 N–H and O–H groups in total. The molecular weight excluding hydrogens is 246 g/mol. The summed E-state index contributed by atoms with van der Waals surface area (Å²) in [5.74, 6) is 0.798. The molecule has 1 aromatic rings. The number of aromatic nitrogens is 1. The largest absolute Gasteiger partial charge is 0.389 e. The molecule has 0 bridgehead atoms. The molecule has 0 aromatic carbocycles. The molecule has 0 radical (unpaired) electrons. The van der Waals surface area contributed by atoms with Gasteiger partial charge in [-0.15, -0.1) is 0 Å². The number of likely N-dealkylation sites (tertiary alicyclic amines) is 1. The highest BCUT2D eigenvalue weighted by atomic mass is 32.1. The van der Waals surface area contributed by atoms with Crippen LogP contribution in [0.4, 0.5) is 5.00 Å². The predicted octanol–water partition coefficient (Wildman–Crippen LogP) is 2.52. The fraction of sp³-hybridized carbons (Fsp3) is 0.692. The molecule has 1 amide bonds. The number of amides is 1. The molecule has 0 spiro atoms. The second-order valence-corrected chi connectivity index (χ2v) is 6.20. The summed E-state index contributed by atoms with van der Waals surface area (Å²) in [5.41, 5.74) is 6.19. The van der Waals surface area contributed by atoms with Crippen LogP contribution in [0.2, 0.25) is 0 Å². The molecule has 1 saturated carbocycles. The first kappa shape index (κ1) is 12.0. The van der Waals surface area contributed by atoms with Gasteiger partial charge in [-0.05, 0) is 43.1 Å². The highest BCUT2D eigenvalue weighted by molar-refractivity contribution is 7.10. The van der Waals surface area contributed by atoms with E-state index in [4.69, 9.17) is 5.73 Å². The van der Waals surface area contributed by atoms with Crippen LogP contribution >= 0.6 is 11.5 Å². The maximum absolute atomic E-state index is 12.5. The van der Waals surface area contributed by atoms with Gasteiger partial charge in [-0.3, -0.25) is 4.79 Å². The van der Waals surface area contributed by atoms with E-state index in [1.165, 1.54) is 37.2 Å². The van der Waals surface area contributed by atoms with E-state index in [0.717, 1.165) is 19.4 Å². The minimum atomic E-state index is 0.0829. The summed E-state index contributed by atoms with van der Waals surface area (Å²) in [6.07, 6.45) is 7.45. The molecule has 5 heteroatoms. The highest BCUT2D eigenvalue weighted by Gasteiger charge is 2.36. The van der Waals surface area contributed by atoms with Gasteiger partial charge in [0.25, 0.3) is 5.91 Å². The standard InChI is InChI=1S/C13H19N3OS/c14-12-8-10(15-18-12)13(17)16-7-3-5-9-4-1-2-6-11(9)16/h8-9,11H,1-7,14H2/t9-,11-/m0/s1. The Morgan fingerprint density at radius 3 is 2.89 bits per heavy atom. The van der Waals surface area contributed by atoms with Crippen LogP contribution in [0, 0.1) is 5.92 Å². The summed E-state index contributed by atoms with van der Waals surface area (Å²) < 4.78 is 4.15. The van der Waals surface area contributed by atoms with Crippen LogP contribution in [0.5, 0.6) is 0 Å². The Kier molecular flexibility index (Phi) is 3.24. The monoisotopic (exact) mass is 265 g/mol. The smallest absolute Gasteiger partial charge is 0.273 e. The van der Waals surface area contributed by atoms with E-state index in [-0.39, 0.29) is 5.91 Å². The van der Waals surface area contributed by atoms with E-state index in [2.05, 4.69) is 9.27 Å². The van der Waals surface area contributed by atoms with E-state index < -0.39 is 0 Å². The molecule has 1 aliphatic heterocycles. The lowest BCUT2D eigenvalue weighted by Gasteiger charge is -2.43. The minimum absolute atomic E-state index is 0.0829. The lowest BCUT2D eigenvalue weighted by Crippen LogP contribution is -2.49. The number of nitrogen functional groups attached to an aromatic ring is 1. The Hall–Kier alpha value is -1.10. The number of piperidine rings is 1. The van der Waals surface area contributed by atoms with Crippen LogP contribution in [0.25, 0.3) is 0 Å². The number of rotatable bonds is 1. The first-order chi connectivity index (χ1) is 8.75. The molecule has 2 atom stereocenters. The lowest BCUT2D eigenvalue weighted by molar-refractivity contribution is 0.0386. The van der Waals surface area contributed by atoms with Crippen molar-refractivity contribution < 1.29 is 4.79 Å². The predicted molar refractivity (Wildman–Crippen MR) is 72.5 cm³/mol. The van der Waals surface area contributed by atoms with Crippen molar-refractivity contribution in [1.29, 1.82) is 0 Å².